The lowest BCUT2D eigenvalue weighted by Gasteiger charge is -2.03. The van der Waals surface area contributed by atoms with Crippen molar-refractivity contribution in [3.8, 4) is 0 Å². The SMILES string of the molecule is CC(=O)c1ccc(C[SH](=O)=O)cc1N. The van der Waals surface area contributed by atoms with E-state index in [4.69, 9.17) is 5.73 Å². The Hall–Kier alpha value is -1.36. The Balaban J connectivity index is 3.06. The van der Waals surface area contributed by atoms with Gasteiger partial charge in [-0.05, 0) is 24.6 Å². The molecule has 14 heavy (non-hydrogen) atoms. The van der Waals surface area contributed by atoms with Crippen molar-refractivity contribution in [2.75, 3.05) is 5.73 Å². The fourth-order valence-electron chi connectivity index (χ4n) is 1.18. The fraction of sp³-hybridized carbons (Fsp3) is 0.222. The van der Waals surface area contributed by atoms with E-state index in [1.165, 1.54) is 13.0 Å². The molecule has 1 aromatic carbocycles. The lowest BCUT2D eigenvalue weighted by atomic mass is 10.1. The summed E-state index contributed by atoms with van der Waals surface area (Å²) in [6.45, 7) is 1.42. The third kappa shape index (κ3) is 2.56. The summed E-state index contributed by atoms with van der Waals surface area (Å²) < 4.78 is 20.9. The molecule has 0 unspecified atom stereocenters. The van der Waals surface area contributed by atoms with Crippen LogP contribution in [-0.4, -0.2) is 14.2 Å². The number of benzene rings is 1. The van der Waals surface area contributed by atoms with Crippen LogP contribution in [0.1, 0.15) is 22.8 Å². The molecule has 0 fully saturated rings. The summed E-state index contributed by atoms with van der Waals surface area (Å²) in [5.41, 5.74) is 6.93. The highest BCUT2D eigenvalue weighted by Crippen LogP contribution is 2.15. The van der Waals surface area contributed by atoms with Gasteiger partial charge in [0, 0.05) is 11.3 Å². The van der Waals surface area contributed by atoms with Gasteiger partial charge < -0.3 is 5.73 Å². The van der Waals surface area contributed by atoms with Crippen molar-refractivity contribution in [1.82, 2.24) is 0 Å². The van der Waals surface area contributed by atoms with Crippen LogP contribution >= 0.6 is 0 Å². The van der Waals surface area contributed by atoms with Crippen LogP contribution in [0.4, 0.5) is 5.69 Å². The average molecular weight is 213 g/mol. The second-order valence-electron chi connectivity index (χ2n) is 2.97. The van der Waals surface area contributed by atoms with Crippen molar-refractivity contribution >= 4 is 22.2 Å². The Labute approximate surface area is 83.7 Å². The number of ketones is 1. The number of Topliss-reactive ketones (excluding diaryl/α,β-unsaturated/α-hetero) is 1. The summed E-state index contributed by atoms with van der Waals surface area (Å²) in [5.74, 6) is -0.168. The monoisotopic (exact) mass is 213 g/mol. The van der Waals surface area contributed by atoms with Gasteiger partial charge in [0.05, 0.1) is 5.75 Å². The molecule has 0 saturated heterocycles. The van der Waals surface area contributed by atoms with Crippen LogP contribution in [0.3, 0.4) is 0 Å². The van der Waals surface area contributed by atoms with E-state index in [0.29, 0.717) is 16.8 Å². The molecule has 1 rings (SSSR count). The average Bonchev–Trinajstić information content (AvgIpc) is 2.01. The first-order chi connectivity index (χ1) is 6.50. The predicted octanol–water partition coefficient (Wildman–Crippen LogP) is 0.583. The van der Waals surface area contributed by atoms with Gasteiger partial charge >= 0.3 is 0 Å². The van der Waals surface area contributed by atoms with E-state index in [-0.39, 0.29) is 11.5 Å². The first-order valence-corrected chi connectivity index (χ1v) is 5.38. The number of carbonyl (C=O) groups is 1. The molecule has 1 aromatic rings. The smallest absolute Gasteiger partial charge is 0.161 e. The number of nitrogen functional groups attached to an aromatic ring is 1. The van der Waals surface area contributed by atoms with Crippen LogP contribution in [0, 0.1) is 0 Å². The number of hydrogen-bond acceptors (Lipinski definition) is 4. The molecule has 0 aliphatic rings. The molecule has 2 N–H and O–H groups in total. The molecule has 0 aliphatic carbocycles. The summed E-state index contributed by atoms with van der Waals surface area (Å²) in [5, 5.41) is 0. The van der Waals surface area contributed by atoms with Crippen molar-refractivity contribution in [1.29, 1.82) is 0 Å². The second kappa shape index (κ2) is 4.23. The molecule has 4 nitrogen and oxygen atoms in total. The molecule has 0 aliphatic heterocycles. The van der Waals surface area contributed by atoms with Crippen LogP contribution in [0.15, 0.2) is 18.2 Å². The highest BCUT2D eigenvalue weighted by atomic mass is 32.2. The fourth-order valence-corrected chi connectivity index (χ4v) is 1.68. The van der Waals surface area contributed by atoms with Crippen molar-refractivity contribution in [3.63, 3.8) is 0 Å². The molecule has 0 radical (unpaired) electrons. The summed E-state index contributed by atoms with van der Waals surface area (Å²) in [4.78, 5) is 11.0. The van der Waals surface area contributed by atoms with Crippen LogP contribution < -0.4 is 5.73 Å². The highest BCUT2D eigenvalue weighted by molar-refractivity contribution is 7.71. The second-order valence-corrected chi connectivity index (χ2v) is 3.95. The number of nitrogens with two attached hydrogens (primary N) is 1. The Morgan fingerprint density at radius 3 is 2.50 bits per heavy atom. The lowest BCUT2D eigenvalue weighted by molar-refractivity contribution is 0.101. The molecular weight excluding hydrogens is 202 g/mol. The zero-order valence-corrected chi connectivity index (χ0v) is 8.58. The summed E-state index contributed by atoms with van der Waals surface area (Å²) in [6, 6.07) is 4.66. The van der Waals surface area contributed by atoms with Crippen LogP contribution in [0.2, 0.25) is 0 Å². The van der Waals surface area contributed by atoms with E-state index >= 15 is 0 Å². The predicted molar refractivity (Wildman–Crippen MR) is 54.9 cm³/mol. The van der Waals surface area contributed by atoms with E-state index in [9.17, 15) is 13.2 Å². The van der Waals surface area contributed by atoms with Gasteiger partial charge in [-0.2, -0.15) is 0 Å². The Bertz CT molecular complexity index is 430. The maximum Gasteiger partial charge on any atom is 0.161 e. The maximum absolute atomic E-state index is 11.0. The molecule has 76 valence electrons. The summed E-state index contributed by atoms with van der Waals surface area (Å²) in [6.07, 6.45) is 0. The maximum atomic E-state index is 11.0. The number of carbonyl (C=O) groups excluding carboxylic acids is 1. The largest absolute Gasteiger partial charge is 0.398 e. The molecule has 0 atom stereocenters. The van der Waals surface area contributed by atoms with Crippen molar-refractivity contribution < 1.29 is 13.2 Å². The third-order valence-electron chi connectivity index (χ3n) is 1.81. The zero-order chi connectivity index (χ0) is 10.7. The number of thiol groups is 1. The first kappa shape index (κ1) is 10.7. The minimum Gasteiger partial charge on any atom is -0.398 e. The van der Waals surface area contributed by atoms with Gasteiger partial charge in [-0.15, -0.1) is 0 Å². The first-order valence-electron chi connectivity index (χ1n) is 4.02. The van der Waals surface area contributed by atoms with Gasteiger partial charge in [-0.1, -0.05) is 6.07 Å². The van der Waals surface area contributed by atoms with Gasteiger partial charge in [0.2, 0.25) is 0 Å². The quantitative estimate of drug-likeness (QED) is 0.437. The van der Waals surface area contributed by atoms with E-state index < -0.39 is 10.7 Å². The number of hydrogen-bond donors (Lipinski definition) is 2. The van der Waals surface area contributed by atoms with E-state index in [2.05, 4.69) is 0 Å². The summed E-state index contributed by atoms with van der Waals surface area (Å²) in [7, 11) is -2.45. The van der Waals surface area contributed by atoms with Gasteiger partial charge in [0.15, 0.2) is 5.78 Å². The molecule has 0 bridgehead atoms. The van der Waals surface area contributed by atoms with Gasteiger partial charge in [0.25, 0.3) is 0 Å². The lowest BCUT2D eigenvalue weighted by Crippen LogP contribution is -2.00. The Morgan fingerprint density at radius 2 is 2.07 bits per heavy atom. The normalized spacial score (nSPS) is 10.4. The standard InChI is InChI=1S/C9H11NO3S/c1-6(11)8-3-2-7(4-9(8)10)5-14(12)13/h2-4,14H,5,10H2,1H3. The Morgan fingerprint density at radius 1 is 1.43 bits per heavy atom. The van der Waals surface area contributed by atoms with Gasteiger partial charge in [-0.3, -0.25) is 4.79 Å². The van der Waals surface area contributed by atoms with Gasteiger partial charge in [0.1, 0.15) is 10.7 Å². The minimum absolute atomic E-state index is 0.0439. The number of rotatable bonds is 3. The summed E-state index contributed by atoms with van der Waals surface area (Å²) >= 11 is 0. The van der Waals surface area contributed by atoms with Crippen molar-refractivity contribution in [3.05, 3.63) is 29.3 Å². The van der Waals surface area contributed by atoms with E-state index in [1.807, 2.05) is 0 Å². The molecule has 0 heterocycles. The van der Waals surface area contributed by atoms with Crippen LogP contribution in [0.25, 0.3) is 0 Å². The molecule has 0 spiro atoms. The minimum atomic E-state index is -2.45. The number of anilines is 1. The molecular formula is C9H11NO3S. The molecule has 0 amide bonds. The highest BCUT2D eigenvalue weighted by Gasteiger charge is 2.05. The van der Waals surface area contributed by atoms with Crippen molar-refractivity contribution in [2.45, 2.75) is 12.7 Å². The topological polar surface area (TPSA) is 77.2 Å². The van der Waals surface area contributed by atoms with E-state index in [1.54, 1.807) is 12.1 Å². The third-order valence-corrected chi connectivity index (χ3v) is 2.43. The van der Waals surface area contributed by atoms with Gasteiger partial charge in [-0.25, -0.2) is 8.42 Å². The van der Waals surface area contributed by atoms with Crippen molar-refractivity contribution in [2.24, 2.45) is 0 Å². The zero-order valence-electron chi connectivity index (χ0n) is 7.69. The molecule has 5 heteroatoms. The van der Waals surface area contributed by atoms with E-state index in [0.717, 1.165) is 0 Å². The van der Waals surface area contributed by atoms with Crippen LogP contribution in [0.5, 0.6) is 0 Å². The Kier molecular flexibility index (Phi) is 3.24. The molecule has 0 saturated carbocycles. The van der Waals surface area contributed by atoms with Crippen LogP contribution in [-0.2, 0) is 16.5 Å². The molecule has 0 aromatic heterocycles.